The first-order chi connectivity index (χ1) is 15.0. The van der Waals surface area contributed by atoms with E-state index in [-0.39, 0.29) is 5.41 Å². The second kappa shape index (κ2) is 9.56. The molecule has 1 heteroatoms. The number of allylic oxidation sites excluding steroid dienone is 6. The quantitative estimate of drug-likeness (QED) is 0.472. The van der Waals surface area contributed by atoms with Crippen molar-refractivity contribution in [2.45, 2.75) is 33.6 Å². The number of anilines is 1. The summed E-state index contributed by atoms with van der Waals surface area (Å²) in [4.78, 5) is 2.58. The van der Waals surface area contributed by atoms with Gasteiger partial charge >= 0.3 is 0 Å². The van der Waals surface area contributed by atoms with Crippen LogP contribution in [0.4, 0.5) is 5.69 Å². The van der Waals surface area contributed by atoms with Gasteiger partial charge in [-0.3, -0.25) is 0 Å². The normalized spacial score (nSPS) is 20.9. The summed E-state index contributed by atoms with van der Waals surface area (Å²) in [6.07, 6.45) is 16.6. The molecule has 0 amide bonds. The lowest BCUT2D eigenvalue weighted by atomic mass is 9.81. The fourth-order valence-corrected chi connectivity index (χ4v) is 4.49. The predicted molar refractivity (Wildman–Crippen MR) is 135 cm³/mol. The molecule has 0 aromatic heterocycles. The topological polar surface area (TPSA) is 3.24 Å². The molecule has 2 aromatic rings. The molecular weight excluding hydrogens is 374 g/mol. The summed E-state index contributed by atoms with van der Waals surface area (Å²) in [5, 5.41) is 0. The Morgan fingerprint density at radius 3 is 1.84 bits per heavy atom. The van der Waals surface area contributed by atoms with Gasteiger partial charge in [0.1, 0.15) is 0 Å². The molecule has 1 nitrogen and oxygen atoms in total. The van der Waals surface area contributed by atoms with Crippen LogP contribution in [0.5, 0.6) is 0 Å². The Hall–Kier alpha value is -2.80. The third-order valence-corrected chi connectivity index (χ3v) is 6.38. The van der Waals surface area contributed by atoms with Crippen LogP contribution in [-0.2, 0) is 0 Å². The Bertz CT molecular complexity index is 970. The van der Waals surface area contributed by atoms with Crippen LogP contribution in [0.3, 0.4) is 0 Å². The second-order valence-electron chi connectivity index (χ2n) is 9.89. The van der Waals surface area contributed by atoms with E-state index in [4.69, 9.17) is 0 Å². The highest BCUT2D eigenvalue weighted by Gasteiger charge is 2.21. The van der Waals surface area contributed by atoms with E-state index in [0.29, 0.717) is 11.8 Å². The molecule has 0 saturated carbocycles. The Balaban J connectivity index is 1.43. The van der Waals surface area contributed by atoms with Crippen LogP contribution in [0.2, 0.25) is 0 Å². The van der Waals surface area contributed by atoms with Crippen molar-refractivity contribution in [3.8, 4) is 0 Å². The fourth-order valence-electron chi connectivity index (χ4n) is 4.49. The molecule has 0 aliphatic heterocycles. The van der Waals surface area contributed by atoms with Gasteiger partial charge in [0.25, 0.3) is 0 Å². The van der Waals surface area contributed by atoms with Gasteiger partial charge in [-0.15, -0.1) is 0 Å². The Labute approximate surface area is 188 Å². The maximum absolute atomic E-state index is 2.58. The molecule has 0 radical (unpaired) electrons. The van der Waals surface area contributed by atoms with Gasteiger partial charge in [0, 0.05) is 18.8 Å². The van der Waals surface area contributed by atoms with E-state index >= 15 is 0 Å². The number of benzene rings is 2. The lowest BCUT2D eigenvalue weighted by Crippen LogP contribution is -2.34. The van der Waals surface area contributed by atoms with E-state index < -0.39 is 0 Å². The summed E-state index contributed by atoms with van der Waals surface area (Å²) in [5.41, 5.74) is 5.68. The van der Waals surface area contributed by atoms with Crippen molar-refractivity contribution in [3.05, 3.63) is 108 Å². The molecule has 0 spiro atoms. The first kappa shape index (κ1) is 21.4. The van der Waals surface area contributed by atoms with Gasteiger partial charge in [-0.05, 0) is 58.9 Å². The maximum atomic E-state index is 2.58. The molecule has 0 N–H and O–H groups in total. The smallest absolute Gasteiger partial charge is 0.0366 e. The lowest BCUT2D eigenvalue weighted by Gasteiger charge is -2.33. The van der Waals surface area contributed by atoms with Crippen LogP contribution < -0.4 is 4.90 Å². The summed E-state index contributed by atoms with van der Waals surface area (Å²) >= 11 is 0. The van der Waals surface area contributed by atoms with Crippen LogP contribution >= 0.6 is 0 Å². The fraction of sp³-hybridized carbons (Fsp3) is 0.333. The van der Waals surface area contributed by atoms with Crippen molar-refractivity contribution >= 4 is 11.3 Å². The standard InChI is InChI=1S/C30H35N/c1-30(2,3)28-20-16-25(17-21-28)23-31(29-12-8-5-9-13-29)22-24-14-18-27(19-15-24)26-10-6-4-7-11-26/h4-14,16,18-21,24-25H,15,17,22-23H2,1-3H3. The van der Waals surface area contributed by atoms with Gasteiger partial charge in [0.05, 0.1) is 0 Å². The highest BCUT2D eigenvalue weighted by Crippen LogP contribution is 2.32. The van der Waals surface area contributed by atoms with Gasteiger partial charge in [-0.2, -0.15) is 0 Å². The largest absolute Gasteiger partial charge is 0.370 e. The van der Waals surface area contributed by atoms with Crippen LogP contribution in [0.15, 0.2) is 103 Å². The van der Waals surface area contributed by atoms with Crippen LogP contribution in [0.25, 0.3) is 5.57 Å². The van der Waals surface area contributed by atoms with E-state index in [2.05, 4.69) is 123 Å². The summed E-state index contributed by atoms with van der Waals surface area (Å²) in [5.74, 6) is 1.11. The van der Waals surface area contributed by atoms with Gasteiger partial charge in [-0.1, -0.05) is 106 Å². The van der Waals surface area contributed by atoms with Gasteiger partial charge in [0.2, 0.25) is 0 Å². The minimum atomic E-state index is 0.232. The third kappa shape index (κ3) is 5.67. The minimum Gasteiger partial charge on any atom is -0.370 e. The number of para-hydroxylation sites is 1. The van der Waals surface area contributed by atoms with Crippen LogP contribution in [0, 0.1) is 17.3 Å². The van der Waals surface area contributed by atoms with Gasteiger partial charge in [0.15, 0.2) is 0 Å². The lowest BCUT2D eigenvalue weighted by molar-refractivity contribution is 0.500. The summed E-state index contributed by atoms with van der Waals surface area (Å²) < 4.78 is 0. The van der Waals surface area contributed by atoms with E-state index in [0.717, 1.165) is 25.9 Å². The SMILES string of the molecule is CC(C)(C)C1=CCC(CN(CC2C=CC(c3ccccc3)=CC2)c2ccccc2)C=C1. The monoisotopic (exact) mass is 409 g/mol. The van der Waals surface area contributed by atoms with E-state index in [1.54, 1.807) is 0 Å². The van der Waals surface area contributed by atoms with Crippen molar-refractivity contribution in [3.63, 3.8) is 0 Å². The van der Waals surface area contributed by atoms with Gasteiger partial charge < -0.3 is 4.90 Å². The predicted octanol–water partition coefficient (Wildman–Crippen LogP) is 7.70. The number of rotatable bonds is 6. The molecule has 2 aliphatic rings. The van der Waals surface area contributed by atoms with Crippen molar-refractivity contribution in [1.82, 2.24) is 0 Å². The first-order valence-corrected chi connectivity index (χ1v) is 11.6. The molecule has 0 fully saturated rings. The maximum Gasteiger partial charge on any atom is 0.0366 e. The molecule has 4 rings (SSSR count). The van der Waals surface area contributed by atoms with Crippen molar-refractivity contribution in [2.24, 2.45) is 17.3 Å². The van der Waals surface area contributed by atoms with E-state index in [9.17, 15) is 0 Å². The summed E-state index contributed by atoms with van der Waals surface area (Å²) in [6, 6.07) is 21.6. The molecule has 2 aliphatic carbocycles. The molecule has 2 aromatic carbocycles. The van der Waals surface area contributed by atoms with E-state index in [1.165, 1.54) is 22.4 Å². The highest BCUT2D eigenvalue weighted by atomic mass is 15.1. The number of hydrogen-bond donors (Lipinski definition) is 0. The molecule has 0 bridgehead atoms. The zero-order chi connectivity index (χ0) is 21.7. The molecule has 2 unspecified atom stereocenters. The van der Waals surface area contributed by atoms with Crippen LogP contribution in [0.1, 0.15) is 39.2 Å². The third-order valence-electron chi connectivity index (χ3n) is 6.38. The minimum absolute atomic E-state index is 0.232. The zero-order valence-corrected chi connectivity index (χ0v) is 19.2. The molecule has 31 heavy (non-hydrogen) atoms. The molecule has 160 valence electrons. The van der Waals surface area contributed by atoms with Crippen molar-refractivity contribution in [2.75, 3.05) is 18.0 Å². The van der Waals surface area contributed by atoms with Gasteiger partial charge in [-0.25, -0.2) is 0 Å². The number of hydrogen-bond acceptors (Lipinski definition) is 1. The first-order valence-electron chi connectivity index (χ1n) is 11.6. The summed E-state index contributed by atoms with van der Waals surface area (Å²) in [7, 11) is 0. The molecule has 0 heterocycles. The Morgan fingerprint density at radius 2 is 1.32 bits per heavy atom. The molecule has 2 atom stereocenters. The summed E-state index contributed by atoms with van der Waals surface area (Å²) in [6.45, 7) is 9.01. The van der Waals surface area contributed by atoms with Crippen LogP contribution in [-0.4, -0.2) is 13.1 Å². The Morgan fingerprint density at radius 1 is 0.742 bits per heavy atom. The van der Waals surface area contributed by atoms with Crippen molar-refractivity contribution < 1.29 is 0 Å². The van der Waals surface area contributed by atoms with Crippen molar-refractivity contribution in [1.29, 1.82) is 0 Å². The molecule has 0 saturated heterocycles. The highest BCUT2D eigenvalue weighted by molar-refractivity contribution is 5.74. The Kier molecular flexibility index (Phi) is 6.61. The second-order valence-corrected chi connectivity index (χ2v) is 9.89. The van der Waals surface area contributed by atoms with E-state index in [1.807, 2.05) is 0 Å². The average Bonchev–Trinajstić information content (AvgIpc) is 2.80. The number of nitrogens with zero attached hydrogens (tertiary/aromatic N) is 1. The zero-order valence-electron chi connectivity index (χ0n) is 19.2. The average molecular weight is 410 g/mol. The molecular formula is C30H35N.